The number of rotatable bonds is 52. The van der Waals surface area contributed by atoms with Crippen molar-refractivity contribution in [3.63, 3.8) is 0 Å². The first-order chi connectivity index (χ1) is 38.6. The minimum atomic E-state index is -1.83. The van der Waals surface area contributed by atoms with Crippen LogP contribution in [0.15, 0.2) is 0 Å². The lowest BCUT2D eigenvalue weighted by Crippen LogP contribution is -2.65. The molecule has 0 aliphatic carbocycles. The van der Waals surface area contributed by atoms with Crippen LogP contribution in [0, 0.1) is 17.8 Å². The first kappa shape index (κ1) is 74.2. The second-order valence-electron chi connectivity index (χ2n) is 25.5. The van der Waals surface area contributed by atoms with Crippen LogP contribution in [-0.2, 0) is 42.8 Å². The molecule has 0 aromatic rings. The first-order valence-electron chi connectivity index (χ1n) is 33.5. The van der Waals surface area contributed by atoms with Gasteiger partial charge in [0.1, 0.15) is 43.2 Å². The molecule has 0 spiro atoms. The van der Waals surface area contributed by atoms with Crippen LogP contribution in [0.4, 0.5) is 0 Å². The van der Waals surface area contributed by atoms with Crippen molar-refractivity contribution < 1.29 is 68.3 Å². The lowest BCUT2D eigenvalue weighted by atomic mass is 9.97. The van der Waals surface area contributed by atoms with Crippen molar-refractivity contribution in [1.82, 2.24) is 0 Å². The maximum atomic E-state index is 13.7. The number of carbonyl (C=O) groups is 3. The molecule has 14 nitrogen and oxygen atoms in total. The number of hydrogen-bond acceptors (Lipinski definition) is 14. The molecule has 2 fully saturated rings. The van der Waals surface area contributed by atoms with E-state index in [1.807, 2.05) is 0 Å². The minimum absolute atomic E-state index is 0.0521. The summed E-state index contributed by atoms with van der Waals surface area (Å²) < 4.78 is 35.5. The molecule has 10 atom stereocenters. The van der Waals surface area contributed by atoms with E-state index in [0.717, 1.165) is 88.4 Å². The van der Waals surface area contributed by atoms with E-state index in [2.05, 4.69) is 41.5 Å². The normalized spacial score (nSPS) is 23.3. The van der Waals surface area contributed by atoms with Gasteiger partial charge in [-0.05, 0) is 37.0 Å². The van der Waals surface area contributed by atoms with E-state index < -0.39 is 92.5 Å². The van der Waals surface area contributed by atoms with Crippen molar-refractivity contribution >= 4 is 17.9 Å². The molecule has 2 rings (SSSR count). The highest BCUT2D eigenvalue weighted by Crippen LogP contribution is 2.32. The third-order valence-electron chi connectivity index (χ3n) is 16.4. The predicted octanol–water partition coefficient (Wildman–Crippen LogP) is 14.6. The average Bonchev–Trinajstić information content (AvgIpc) is 3.47. The van der Waals surface area contributed by atoms with Gasteiger partial charge in [0.25, 0.3) is 0 Å². The largest absolute Gasteiger partial charge is 0.463 e. The second kappa shape index (κ2) is 48.3. The van der Waals surface area contributed by atoms with Crippen LogP contribution in [0.1, 0.15) is 311 Å². The fraction of sp³-hybridized carbons (Fsp3) is 0.955. The van der Waals surface area contributed by atoms with Crippen LogP contribution in [-0.4, -0.2) is 118 Å². The Hall–Kier alpha value is -1.91. The fourth-order valence-electron chi connectivity index (χ4n) is 11.2. The number of aliphatic hydroxyl groups excluding tert-OH is 5. The zero-order valence-corrected chi connectivity index (χ0v) is 52.0. The van der Waals surface area contributed by atoms with Gasteiger partial charge in [0.2, 0.25) is 0 Å². The third-order valence-corrected chi connectivity index (χ3v) is 16.4. The van der Waals surface area contributed by atoms with E-state index in [0.29, 0.717) is 19.3 Å². The summed E-state index contributed by atoms with van der Waals surface area (Å²) in [6.45, 7) is 12.6. The van der Waals surface area contributed by atoms with E-state index in [9.17, 15) is 39.9 Å². The maximum absolute atomic E-state index is 13.7. The lowest BCUT2D eigenvalue weighted by Gasteiger charge is -2.46. The van der Waals surface area contributed by atoms with Gasteiger partial charge in [-0.15, -0.1) is 0 Å². The van der Waals surface area contributed by atoms with Gasteiger partial charge in [0.05, 0.1) is 6.61 Å². The summed E-state index contributed by atoms with van der Waals surface area (Å²) in [5, 5.41) is 53.7. The van der Waals surface area contributed by atoms with Crippen LogP contribution >= 0.6 is 0 Å². The van der Waals surface area contributed by atoms with Crippen molar-refractivity contribution in [1.29, 1.82) is 0 Å². The highest BCUT2D eigenvalue weighted by molar-refractivity contribution is 5.71. The third kappa shape index (κ3) is 36.7. The Morgan fingerprint density at radius 3 is 0.975 bits per heavy atom. The Bertz CT molecular complexity index is 1480. The van der Waals surface area contributed by atoms with Gasteiger partial charge in [-0.1, -0.05) is 273 Å². The first-order valence-corrected chi connectivity index (χ1v) is 33.5. The Labute approximate surface area is 488 Å². The molecule has 0 unspecified atom stereocenters. The quantitative estimate of drug-likeness (QED) is 0.0218. The molecule has 0 radical (unpaired) electrons. The van der Waals surface area contributed by atoms with Gasteiger partial charge >= 0.3 is 17.9 Å². The molecule has 0 saturated carbocycles. The molecule has 0 amide bonds. The number of aliphatic hydroxyl groups is 5. The molecule has 0 aromatic heterocycles. The smallest absolute Gasteiger partial charge is 0.306 e. The summed E-state index contributed by atoms with van der Waals surface area (Å²) in [7, 11) is 0. The van der Waals surface area contributed by atoms with E-state index in [1.165, 1.54) is 161 Å². The summed E-state index contributed by atoms with van der Waals surface area (Å²) in [6, 6.07) is 0. The van der Waals surface area contributed by atoms with Crippen molar-refractivity contribution in [3.05, 3.63) is 0 Å². The van der Waals surface area contributed by atoms with Crippen LogP contribution in [0.3, 0.4) is 0 Å². The Morgan fingerprint density at radius 2 is 0.637 bits per heavy atom. The highest BCUT2D eigenvalue weighted by atomic mass is 16.8. The minimum Gasteiger partial charge on any atom is -0.463 e. The zero-order chi connectivity index (χ0) is 58.6. The molecule has 2 aliphatic heterocycles. The average molecular weight is 1140 g/mol. The Balaban J connectivity index is 2.04. The van der Waals surface area contributed by atoms with Gasteiger partial charge in [-0.25, -0.2) is 0 Å². The summed E-state index contributed by atoms with van der Waals surface area (Å²) >= 11 is 0. The fourth-order valence-corrected chi connectivity index (χ4v) is 11.2. The second-order valence-corrected chi connectivity index (χ2v) is 25.5. The standard InChI is InChI=1S/C66H124O14/c1-51(2)43-37-31-25-19-13-7-10-16-22-28-34-40-46-56(68)75-50-55-63(78-57(69)47-41-35-29-23-17-11-8-14-20-26-32-38-44-52(3)4)64(62(74)66(77-55)80-65-61(73)60(72)59(71)54(49-67)76-65)79-58(70)48-42-36-30-24-18-12-9-15-21-27-33-39-45-53(5)6/h51-55,59-67,71-74H,7-50H2,1-6H3/t54-,55-,59-,60+,61-,62-,63-,64-,65-,66-/m1/s1. The van der Waals surface area contributed by atoms with E-state index in [1.54, 1.807) is 0 Å². The van der Waals surface area contributed by atoms with Crippen molar-refractivity contribution in [2.45, 2.75) is 373 Å². The number of carbonyl (C=O) groups excluding carboxylic acids is 3. The number of hydrogen-bond donors (Lipinski definition) is 5. The summed E-state index contributed by atoms with van der Waals surface area (Å²) in [5.41, 5.74) is 0. The molecule has 2 saturated heterocycles. The zero-order valence-electron chi connectivity index (χ0n) is 52.0. The number of ether oxygens (including phenoxy) is 6. The van der Waals surface area contributed by atoms with Crippen molar-refractivity contribution in [3.8, 4) is 0 Å². The molecule has 0 bridgehead atoms. The van der Waals surface area contributed by atoms with Crippen molar-refractivity contribution in [2.75, 3.05) is 13.2 Å². The summed E-state index contributed by atoms with van der Waals surface area (Å²) in [4.78, 5) is 40.6. The molecule has 0 aromatic carbocycles. The highest BCUT2D eigenvalue weighted by Gasteiger charge is 2.53. The predicted molar refractivity (Wildman–Crippen MR) is 319 cm³/mol. The molecule has 14 heteroatoms. The Morgan fingerprint density at radius 1 is 0.350 bits per heavy atom. The topological polar surface area (TPSA) is 208 Å². The van der Waals surface area contributed by atoms with Crippen LogP contribution in [0.2, 0.25) is 0 Å². The van der Waals surface area contributed by atoms with Gasteiger partial charge < -0.3 is 54.0 Å². The van der Waals surface area contributed by atoms with Gasteiger partial charge in [-0.3, -0.25) is 14.4 Å². The summed E-state index contributed by atoms with van der Waals surface area (Å²) in [6.07, 6.45) is 29.3. The molecule has 2 heterocycles. The van der Waals surface area contributed by atoms with Crippen molar-refractivity contribution in [2.24, 2.45) is 17.8 Å². The SMILES string of the molecule is CC(C)CCCCCCCCCCCCCCC(=O)OC[C@H]1O[C@H](O[C@H]2O[C@H](CO)[C@@H](O)[C@H](O)[C@H]2O)[C@H](O)[C@@H](OC(=O)CCCCCCCCCCCCCCC(C)C)[C@@H]1OC(=O)CCCCCCCCCCCCCCC(C)C. The van der Waals surface area contributed by atoms with E-state index in [-0.39, 0.29) is 19.3 Å². The molecule has 80 heavy (non-hydrogen) atoms. The van der Waals surface area contributed by atoms with Crippen LogP contribution in [0.5, 0.6) is 0 Å². The molecule has 472 valence electrons. The molecular weight excluding hydrogens is 1020 g/mol. The monoisotopic (exact) mass is 1140 g/mol. The number of unbranched alkanes of at least 4 members (excludes halogenated alkanes) is 33. The number of esters is 3. The van der Waals surface area contributed by atoms with Gasteiger partial charge in [-0.2, -0.15) is 0 Å². The Kier molecular flexibility index (Phi) is 44.8. The van der Waals surface area contributed by atoms with Crippen LogP contribution < -0.4 is 0 Å². The molecular formula is C66H124O14. The lowest BCUT2D eigenvalue weighted by molar-refractivity contribution is -0.376. The van der Waals surface area contributed by atoms with Gasteiger partial charge in [0, 0.05) is 19.3 Å². The summed E-state index contributed by atoms with van der Waals surface area (Å²) in [5.74, 6) is 0.659. The molecule has 5 N–H and O–H groups in total. The maximum Gasteiger partial charge on any atom is 0.306 e. The van der Waals surface area contributed by atoms with E-state index in [4.69, 9.17) is 28.4 Å². The van der Waals surface area contributed by atoms with E-state index >= 15 is 0 Å². The molecule has 2 aliphatic rings. The van der Waals surface area contributed by atoms with Crippen LogP contribution in [0.25, 0.3) is 0 Å². The van der Waals surface area contributed by atoms with Gasteiger partial charge in [0.15, 0.2) is 24.8 Å².